The monoisotopic (exact) mass is 1290 g/mol. The number of fused-ring (bicyclic) bond motifs is 4. The van der Waals surface area contributed by atoms with Crippen LogP contribution in [0.5, 0.6) is 0 Å². The highest BCUT2D eigenvalue weighted by Gasteiger charge is 2.45. The van der Waals surface area contributed by atoms with Crippen LogP contribution >= 0.6 is 0 Å². The van der Waals surface area contributed by atoms with Crippen LogP contribution in [0.1, 0.15) is 98.6 Å². The van der Waals surface area contributed by atoms with Gasteiger partial charge in [-0.05, 0) is 97.1 Å². The van der Waals surface area contributed by atoms with E-state index >= 15 is 4.79 Å². The van der Waals surface area contributed by atoms with E-state index in [1.165, 1.54) is 22.0 Å². The van der Waals surface area contributed by atoms with Crippen LogP contribution in [0.4, 0.5) is 0 Å². The van der Waals surface area contributed by atoms with E-state index in [0.717, 1.165) is 21.5 Å². The number of rotatable bonds is 15. The van der Waals surface area contributed by atoms with Gasteiger partial charge in [0.05, 0.1) is 25.2 Å². The van der Waals surface area contributed by atoms with Crippen LogP contribution in [0, 0.1) is 10.8 Å². The number of amides is 10. The van der Waals surface area contributed by atoms with Crippen molar-refractivity contribution < 1.29 is 67.7 Å². The molecule has 10 amide bonds. The highest BCUT2D eigenvalue weighted by Crippen LogP contribution is 2.26. The molecule has 0 saturated carbocycles. The smallest absolute Gasteiger partial charge is 0.326 e. The fourth-order valence-electron chi connectivity index (χ4n) is 10.8. The van der Waals surface area contributed by atoms with Crippen LogP contribution in [0.15, 0.2) is 97.1 Å². The minimum atomic E-state index is -1.72. The van der Waals surface area contributed by atoms with Crippen LogP contribution in [0.2, 0.25) is 0 Å². The molecule has 10 atom stereocenters. The summed E-state index contributed by atoms with van der Waals surface area (Å²) in [5, 5.41) is 51.4. The third-order valence-electron chi connectivity index (χ3n) is 16.7. The van der Waals surface area contributed by atoms with Gasteiger partial charge in [-0.2, -0.15) is 0 Å². The van der Waals surface area contributed by atoms with Crippen molar-refractivity contribution in [2.45, 2.75) is 161 Å². The summed E-state index contributed by atoms with van der Waals surface area (Å²) in [6, 6.07) is 12.2. The Labute approximate surface area is 541 Å². The molecule has 12 N–H and O–H groups in total. The molecule has 1 saturated heterocycles. The molecule has 2 aliphatic heterocycles. The maximum atomic E-state index is 15.1. The number of likely N-dealkylation sites (N-methyl/N-ethyl adjacent to an activating group) is 2. The molecule has 0 spiro atoms. The molecule has 4 aromatic rings. The number of allylic oxidation sites excluding steroid dienone is 1. The predicted octanol–water partition coefficient (Wildman–Crippen LogP) is 1.32. The molecule has 2 heterocycles. The van der Waals surface area contributed by atoms with Crippen LogP contribution in [0.3, 0.4) is 0 Å². The van der Waals surface area contributed by atoms with Gasteiger partial charge >= 0.3 is 11.9 Å². The summed E-state index contributed by atoms with van der Waals surface area (Å²) in [7, 11) is 3.13. The number of hydrogen-bond acceptors (Lipinski definition) is 14. The maximum Gasteiger partial charge on any atom is 0.326 e. The summed E-state index contributed by atoms with van der Waals surface area (Å²) in [6.07, 6.45) is 1.01. The van der Waals surface area contributed by atoms with E-state index in [2.05, 4.69) is 53.2 Å². The van der Waals surface area contributed by atoms with Crippen molar-refractivity contribution in [2.75, 3.05) is 40.3 Å². The van der Waals surface area contributed by atoms with Crippen molar-refractivity contribution >= 4 is 92.6 Å². The summed E-state index contributed by atoms with van der Waals surface area (Å²) < 4.78 is 0. The molecule has 4 aromatic carbocycles. The van der Waals surface area contributed by atoms with Crippen molar-refractivity contribution in [3.05, 3.63) is 108 Å². The number of carbonyl (C=O) groups excluding carboxylic acids is 10. The first-order valence-electron chi connectivity index (χ1n) is 31.3. The van der Waals surface area contributed by atoms with Gasteiger partial charge in [-0.1, -0.05) is 139 Å². The van der Waals surface area contributed by atoms with E-state index in [0.29, 0.717) is 11.1 Å². The summed E-state index contributed by atoms with van der Waals surface area (Å²) in [6.45, 7) is 11.9. The van der Waals surface area contributed by atoms with Gasteiger partial charge in [-0.25, -0.2) is 9.59 Å². The van der Waals surface area contributed by atoms with Gasteiger partial charge in [0.15, 0.2) is 0 Å². The van der Waals surface area contributed by atoms with Gasteiger partial charge < -0.3 is 73.2 Å². The molecule has 0 unspecified atom stereocenters. The molecule has 2 aliphatic rings. The quantitative estimate of drug-likeness (QED) is 0.0747. The fraction of sp³-hybridized carbons (Fsp3) is 0.493. The third-order valence-corrected chi connectivity index (χ3v) is 16.7. The van der Waals surface area contributed by atoms with Gasteiger partial charge in [0.2, 0.25) is 59.1 Å². The standard InChI is InChI=1S/C67H90N12O14/c1-38(68-9)56(82)76-54(66(3,4)5)62(88)71-46-22-12-11-13-23-47(64(90)91)72-60(86)50(35-41-25-27-43-19-15-17-21-45(43)33-41)75-61(87)51-37-78(30-31-79(51)63(89)55(67(6,7)8)77-57(83)39(2)69-10)53(81)36-70-52(80)29-28-48(65(92)93)73-59(85)49(74-58(46)84)34-40-24-26-42-18-14-16-20-44(42)32-40/h11-12,14-21,24-27,32-33,38-39,46-51,54-55,68-69H,13,22-23,28-31,34-37H2,1-10H3,(H,70,80)(H,71,88)(H,72,86)(H,73,85)(H,74,84)(H,75,87)(H,76,82)(H,77,83)(H,90,91)(H,92,93)/b12-11+/t38-,39-,46-,47-,48-,49-,50-,51-,54+,55+/m0/s1. The van der Waals surface area contributed by atoms with Gasteiger partial charge in [-0.3, -0.25) is 47.9 Å². The Morgan fingerprint density at radius 2 is 1.06 bits per heavy atom. The first-order chi connectivity index (χ1) is 43.9. The lowest BCUT2D eigenvalue weighted by atomic mass is 9.85. The SMILES string of the molecule is CN[C@@H](C)C(=O)N[C@H](C(=O)N[C@H]1C/C=C/CC[C@@H](C(=O)O)NC(=O)[C@H](Cc2ccc3ccccc3c2)NC(=O)[C@@H]2CN(CCN2C(=O)[C@@H](NC(=O)[C@H](C)NC)C(C)(C)C)C(=O)CNC(=O)CC[C@@H](C(=O)O)NC(=O)[C@H](Cc2ccc3ccccc3c2)NC1=O)C(C)(C)C. The van der Waals surface area contributed by atoms with Crippen molar-refractivity contribution in [3.8, 4) is 0 Å². The van der Waals surface area contributed by atoms with Crippen LogP contribution in [-0.2, 0) is 70.4 Å². The van der Waals surface area contributed by atoms with E-state index in [1.54, 1.807) is 93.8 Å². The number of carboxylic acid groups (broad SMARTS) is 2. The minimum Gasteiger partial charge on any atom is -0.480 e. The zero-order valence-corrected chi connectivity index (χ0v) is 54.5. The van der Waals surface area contributed by atoms with Crippen molar-refractivity contribution in [2.24, 2.45) is 10.8 Å². The van der Waals surface area contributed by atoms with Gasteiger partial charge in [0.25, 0.3) is 0 Å². The molecular weight excluding hydrogens is 1200 g/mol. The summed E-state index contributed by atoms with van der Waals surface area (Å²) in [4.78, 5) is 171. The van der Waals surface area contributed by atoms with Gasteiger partial charge in [-0.15, -0.1) is 0 Å². The molecule has 93 heavy (non-hydrogen) atoms. The van der Waals surface area contributed by atoms with Crippen molar-refractivity contribution in [1.82, 2.24) is 63.0 Å². The Kier molecular flexibility index (Phi) is 25.7. The number of aliphatic carboxylic acids is 2. The van der Waals surface area contributed by atoms with E-state index in [9.17, 15) is 63.0 Å². The largest absolute Gasteiger partial charge is 0.480 e. The Morgan fingerprint density at radius 1 is 0.581 bits per heavy atom. The lowest BCUT2D eigenvalue weighted by Gasteiger charge is -2.44. The van der Waals surface area contributed by atoms with E-state index in [-0.39, 0.29) is 45.2 Å². The lowest BCUT2D eigenvalue weighted by molar-refractivity contribution is -0.152. The number of nitrogens with one attached hydrogen (secondary N) is 10. The van der Waals surface area contributed by atoms with Crippen molar-refractivity contribution in [3.63, 3.8) is 0 Å². The number of benzene rings is 4. The highest BCUT2D eigenvalue weighted by molar-refractivity contribution is 5.99. The maximum absolute atomic E-state index is 15.1. The normalized spacial score (nSPS) is 22.2. The zero-order valence-electron chi connectivity index (χ0n) is 54.5. The first kappa shape index (κ1) is 72.8. The average Bonchev–Trinajstić information content (AvgIpc) is 0.850. The second kappa shape index (κ2) is 32.8. The second-order valence-electron chi connectivity index (χ2n) is 25.9. The van der Waals surface area contributed by atoms with E-state index in [4.69, 9.17) is 0 Å². The fourth-order valence-corrected chi connectivity index (χ4v) is 10.8. The number of carbonyl (C=O) groups is 12. The molecule has 502 valence electrons. The number of carboxylic acids is 2. The van der Waals surface area contributed by atoms with Gasteiger partial charge in [0, 0.05) is 32.4 Å². The average molecular weight is 1290 g/mol. The van der Waals surface area contributed by atoms with Gasteiger partial charge in [0.1, 0.15) is 48.3 Å². The van der Waals surface area contributed by atoms with Crippen LogP contribution in [0.25, 0.3) is 21.5 Å². The first-order valence-corrected chi connectivity index (χ1v) is 31.3. The Bertz CT molecular complexity index is 3450. The Hall–Kier alpha value is -9.30. The molecule has 0 radical (unpaired) electrons. The molecule has 2 bridgehead atoms. The molecular formula is C67H90N12O14. The highest BCUT2D eigenvalue weighted by atomic mass is 16.4. The van der Waals surface area contributed by atoms with Crippen LogP contribution in [-0.4, -0.2) is 192 Å². The second-order valence-corrected chi connectivity index (χ2v) is 25.9. The summed E-state index contributed by atoms with van der Waals surface area (Å²) in [5.74, 6) is -10.7. The Morgan fingerprint density at radius 3 is 1.56 bits per heavy atom. The molecule has 0 aromatic heterocycles. The number of piperazine rings is 1. The molecule has 26 nitrogen and oxygen atoms in total. The topological polar surface area (TPSA) is 372 Å². The summed E-state index contributed by atoms with van der Waals surface area (Å²) >= 11 is 0. The minimum absolute atomic E-state index is 0.0493. The predicted molar refractivity (Wildman–Crippen MR) is 347 cm³/mol. The molecule has 1 fully saturated rings. The number of hydrogen-bond donors (Lipinski definition) is 12. The van der Waals surface area contributed by atoms with E-state index in [1.807, 2.05) is 60.7 Å². The zero-order chi connectivity index (χ0) is 68.5. The van der Waals surface area contributed by atoms with Crippen LogP contribution < -0.4 is 53.2 Å². The third kappa shape index (κ3) is 20.6. The molecule has 0 aliphatic carbocycles. The molecule has 6 rings (SSSR count). The molecule has 26 heteroatoms. The number of nitrogens with zero attached hydrogens (tertiary/aromatic N) is 2. The lowest BCUT2D eigenvalue weighted by Crippen LogP contribution is -2.67. The summed E-state index contributed by atoms with van der Waals surface area (Å²) in [5.41, 5.74) is -0.765. The van der Waals surface area contributed by atoms with Crippen molar-refractivity contribution in [1.29, 1.82) is 0 Å². The Balaban J connectivity index is 1.40. The van der Waals surface area contributed by atoms with E-state index < -0.39 is 168 Å².